The van der Waals surface area contributed by atoms with Gasteiger partial charge in [-0.05, 0) is 44.2 Å². The van der Waals surface area contributed by atoms with Gasteiger partial charge in [-0.1, -0.05) is 0 Å². The van der Waals surface area contributed by atoms with Crippen LogP contribution >= 0.6 is 0 Å². The molecule has 0 aliphatic heterocycles. The lowest BCUT2D eigenvalue weighted by atomic mass is 10.2. The highest BCUT2D eigenvalue weighted by molar-refractivity contribution is 5.97. The first-order valence-electron chi connectivity index (χ1n) is 8.23. The summed E-state index contributed by atoms with van der Waals surface area (Å²) in [5.74, 6) is -0.738. The van der Waals surface area contributed by atoms with Gasteiger partial charge < -0.3 is 30.2 Å². The summed E-state index contributed by atoms with van der Waals surface area (Å²) in [4.78, 5) is 34.9. The highest BCUT2D eigenvalue weighted by atomic mass is 16.5. The molecule has 4 N–H and O–H groups in total. The molecule has 0 aliphatic rings. The van der Waals surface area contributed by atoms with Crippen LogP contribution in [-0.4, -0.2) is 35.7 Å². The zero-order chi connectivity index (χ0) is 19.8. The predicted octanol–water partition coefficient (Wildman–Crippen LogP) is 2.20. The lowest BCUT2D eigenvalue weighted by molar-refractivity contribution is -0.115. The van der Waals surface area contributed by atoms with Gasteiger partial charge in [0.2, 0.25) is 5.91 Å². The molecule has 0 unspecified atom stereocenters. The Hall–Kier alpha value is -3.49. The van der Waals surface area contributed by atoms with Gasteiger partial charge in [-0.15, -0.1) is 0 Å². The van der Waals surface area contributed by atoms with Crippen LogP contribution in [-0.2, 0) is 11.3 Å². The molecule has 144 valence electrons. The molecule has 9 nitrogen and oxygen atoms in total. The third-order valence-electron chi connectivity index (χ3n) is 3.28. The number of carbonyl (C=O) groups is 3. The van der Waals surface area contributed by atoms with E-state index in [9.17, 15) is 14.4 Å². The summed E-state index contributed by atoms with van der Waals surface area (Å²) in [6.45, 7) is 3.50. The maximum Gasteiger partial charge on any atom is 0.335 e. The molecule has 0 radical (unpaired) electrons. The summed E-state index contributed by atoms with van der Waals surface area (Å²) in [5.41, 5.74) is 0.219. The Morgan fingerprint density at radius 1 is 1.19 bits per heavy atom. The number of urea groups is 1. The first-order valence-corrected chi connectivity index (χ1v) is 8.23. The minimum absolute atomic E-state index is 0.00514. The number of benzene rings is 1. The number of nitrogens with one attached hydrogen (secondary N) is 3. The maximum atomic E-state index is 12.1. The first kappa shape index (κ1) is 19.8. The summed E-state index contributed by atoms with van der Waals surface area (Å²) < 4.78 is 10.6. The first-order chi connectivity index (χ1) is 12.8. The molecule has 27 heavy (non-hydrogen) atoms. The molecule has 3 amide bonds. The van der Waals surface area contributed by atoms with Crippen LogP contribution < -0.4 is 20.7 Å². The van der Waals surface area contributed by atoms with Gasteiger partial charge >= 0.3 is 12.0 Å². The average molecular weight is 375 g/mol. The van der Waals surface area contributed by atoms with Crippen LogP contribution in [0.5, 0.6) is 5.75 Å². The van der Waals surface area contributed by atoms with E-state index in [-0.39, 0.29) is 30.4 Å². The number of aromatic carboxylic acids is 1. The molecule has 1 aromatic heterocycles. The normalized spacial score (nSPS) is 10.3. The molecule has 2 rings (SSSR count). The van der Waals surface area contributed by atoms with Crippen LogP contribution in [0.4, 0.5) is 10.5 Å². The lowest BCUT2D eigenvalue weighted by Crippen LogP contribution is -2.39. The zero-order valence-corrected chi connectivity index (χ0v) is 14.9. The number of amides is 3. The van der Waals surface area contributed by atoms with Crippen LogP contribution in [0.2, 0.25) is 0 Å². The van der Waals surface area contributed by atoms with E-state index >= 15 is 0 Å². The van der Waals surface area contributed by atoms with Crippen LogP contribution in [0.25, 0.3) is 0 Å². The van der Waals surface area contributed by atoms with Crippen molar-refractivity contribution in [2.75, 3.05) is 11.9 Å². The number of ether oxygens (including phenoxy) is 1. The Morgan fingerprint density at radius 3 is 2.59 bits per heavy atom. The smallest absolute Gasteiger partial charge is 0.335 e. The number of carboxylic acids is 1. The summed E-state index contributed by atoms with van der Waals surface area (Å²) in [7, 11) is 0. The summed E-state index contributed by atoms with van der Waals surface area (Å²) in [6.07, 6.45) is 1.33. The third-order valence-corrected chi connectivity index (χ3v) is 3.28. The SMILES string of the molecule is CC(C)Oc1ccc(C(=O)O)cc1NC(=O)CNC(=O)NCc1ccco1. The Kier molecular flexibility index (Phi) is 6.81. The fraction of sp³-hybridized carbons (Fsp3) is 0.278. The van der Waals surface area contributed by atoms with Crippen LogP contribution in [0.1, 0.15) is 30.0 Å². The Labute approximate surface area is 155 Å². The van der Waals surface area contributed by atoms with E-state index in [4.69, 9.17) is 14.3 Å². The molecule has 0 fully saturated rings. The topological polar surface area (TPSA) is 130 Å². The van der Waals surface area contributed by atoms with Crippen molar-refractivity contribution in [3.63, 3.8) is 0 Å². The molecular formula is C18H21N3O6. The molecule has 0 saturated heterocycles. The van der Waals surface area contributed by atoms with Crippen molar-refractivity contribution >= 4 is 23.6 Å². The van der Waals surface area contributed by atoms with Gasteiger partial charge in [-0.2, -0.15) is 0 Å². The highest BCUT2D eigenvalue weighted by Gasteiger charge is 2.14. The van der Waals surface area contributed by atoms with Crippen molar-refractivity contribution in [1.29, 1.82) is 0 Å². The lowest BCUT2D eigenvalue weighted by Gasteiger charge is -2.16. The molecule has 0 spiro atoms. The van der Waals surface area contributed by atoms with E-state index in [2.05, 4.69) is 16.0 Å². The van der Waals surface area contributed by atoms with Gasteiger partial charge in [0.25, 0.3) is 0 Å². The number of carbonyl (C=O) groups excluding carboxylic acids is 2. The van der Waals surface area contributed by atoms with Crippen molar-refractivity contribution in [2.24, 2.45) is 0 Å². The van der Waals surface area contributed by atoms with Crippen LogP contribution in [0.3, 0.4) is 0 Å². The molecular weight excluding hydrogens is 354 g/mol. The van der Waals surface area contributed by atoms with Crippen molar-refractivity contribution in [3.8, 4) is 5.75 Å². The second kappa shape index (κ2) is 9.27. The molecule has 0 bridgehead atoms. The maximum absolute atomic E-state index is 12.1. The minimum Gasteiger partial charge on any atom is -0.489 e. The van der Waals surface area contributed by atoms with Crippen LogP contribution in [0.15, 0.2) is 41.0 Å². The standard InChI is InChI=1S/C18H21N3O6/c1-11(2)27-15-6-5-12(17(23)24)8-14(15)21-16(22)10-20-18(25)19-9-13-4-3-7-26-13/h3-8,11H,9-10H2,1-2H3,(H,21,22)(H,23,24)(H2,19,20,25). The highest BCUT2D eigenvalue weighted by Crippen LogP contribution is 2.27. The quantitative estimate of drug-likeness (QED) is 0.560. The van der Waals surface area contributed by atoms with E-state index in [0.717, 1.165) is 0 Å². The van der Waals surface area contributed by atoms with E-state index in [1.54, 1.807) is 12.1 Å². The fourth-order valence-corrected chi connectivity index (χ4v) is 2.12. The molecule has 9 heteroatoms. The Morgan fingerprint density at radius 2 is 1.96 bits per heavy atom. The van der Waals surface area contributed by atoms with Gasteiger partial charge in [0.05, 0.1) is 36.7 Å². The zero-order valence-electron chi connectivity index (χ0n) is 14.9. The van der Waals surface area contributed by atoms with Crippen molar-refractivity contribution < 1.29 is 28.6 Å². The second-order valence-electron chi connectivity index (χ2n) is 5.85. The van der Waals surface area contributed by atoms with Crippen molar-refractivity contribution in [2.45, 2.75) is 26.5 Å². The van der Waals surface area contributed by atoms with Gasteiger partial charge in [-0.3, -0.25) is 4.79 Å². The second-order valence-corrected chi connectivity index (χ2v) is 5.85. The third kappa shape index (κ3) is 6.38. The van der Waals surface area contributed by atoms with Crippen LogP contribution in [0, 0.1) is 0 Å². The van der Waals surface area contributed by atoms with Crippen molar-refractivity contribution in [3.05, 3.63) is 47.9 Å². The van der Waals surface area contributed by atoms with Gasteiger partial charge in [-0.25, -0.2) is 9.59 Å². The number of carboxylic acid groups (broad SMARTS) is 1. The number of anilines is 1. The Balaban J connectivity index is 1.92. The van der Waals surface area contributed by atoms with E-state index in [1.807, 2.05) is 13.8 Å². The largest absolute Gasteiger partial charge is 0.489 e. The molecule has 0 saturated carbocycles. The van der Waals surface area contributed by atoms with E-state index < -0.39 is 17.9 Å². The summed E-state index contributed by atoms with van der Waals surface area (Å²) >= 11 is 0. The molecule has 1 aromatic carbocycles. The number of rotatable bonds is 8. The summed E-state index contributed by atoms with van der Waals surface area (Å²) in [5, 5.41) is 16.6. The monoisotopic (exact) mass is 375 g/mol. The number of hydrogen-bond donors (Lipinski definition) is 4. The Bertz CT molecular complexity index is 801. The van der Waals surface area contributed by atoms with Crippen molar-refractivity contribution in [1.82, 2.24) is 10.6 Å². The molecule has 2 aromatic rings. The number of furan rings is 1. The molecule has 1 heterocycles. The summed E-state index contributed by atoms with van der Waals surface area (Å²) in [6, 6.07) is 7.02. The van der Waals surface area contributed by atoms with E-state index in [1.165, 1.54) is 24.5 Å². The van der Waals surface area contributed by atoms with Gasteiger partial charge in [0.15, 0.2) is 0 Å². The average Bonchev–Trinajstić information content (AvgIpc) is 3.12. The molecule has 0 aliphatic carbocycles. The molecule has 0 atom stereocenters. The number of hydrogen-bond acceptors (Lipinski definition) is 5. The predicted molar refractivity (Wildman–Crippen MR) is 96.7 cm³/mol. The minimum atomic E-state index is -1.13. The fourth-order valence-electron chi connectivity index (χ4n) is 2.12. The van der Waals surface area contributed by atoms with Gasteiger partial charge in [0.1, 0.15) is 11.5 Å². The van der Waals surface area contributed by atoms with E-state index in [0.29, 0.717) is 11.5 Å². The van der Waals surface area contributed by atoms with Gasteiger partial charge in [0, 0.05) is 0 Å².